The molecular weight excluding hydrogens is 168 g/mol. The molecule has 1 aliphatic heterocycles. The Labute approximate surface area is 79.1 Å². The van der Waals surface area contributed by atoms with Crippen LogP contribution in [0, 0.1) is 0 Å². The zero-order valence-corrected chi connectivity index (χ0v) is 8.36. The van der Waals surface area contributed by atoms with Gasteiger partial charge in [0, 0.05) is 12.6 Å². The van der Waals surface area contributed by atoms with Crippen LogP contribution in [0.1, 0.15) is 13.3 Å². The second kappa shape index (κ2) is 4.58. The Kier molecular flexibility index (Phi) is 3.69. The zero-order chi connectivity index (χ0) is 9.84. The summed E-state index contributed by atoms with van der Waals surface area (Å²) in [6.07, 6.45) is 1.09. The number of carboxylic acids is 1. The lowest BCUT2D eigenvalue weighted by atomic mass is 10.2. The van der Waals surface area contributed by atoms with Crippen molar-refractivity contribution in [2.45, 2.75) is 19.4 Å². The van der Waals surface area contributed by atoms with Crippen molar-refractivity contribution >= 4 is 5.97 Å². The first-order valence-corrected chi connectivity index (χ1v) is 4.78. The van der Waals surface area contributed by atoms with Crippen LogP contribution in [0.4, 0.5) is 0 Å². The molecule has 1 heterocycles. The minimum absolute atomic E-state index is 0.176. The summed E-state index contributed by atoms with van der Waals surface area (Å²) in [4.78, 5) is 14.8. The minimum Gasteiger partial charge on any atom is -0.480 e. The van der Waals surface area contributed by atoms with Crippen molar-refractivity contribution in [2.75, 3.05) is 33.2 Å². The second-order valence-corrected chi connectivity index (χ2v) is 3.66. The fraction of sp³-hybridized carbons (Fsp3) is 0.889. The first-order chi connectivity index (χ1) is 6.13. The molecule has 1 N–H and O–H groups in total. The van der Waals surface area contributed by atoms with Crippen molar-refractivity contribution in [3.05, 3.63) is 0 Å². The highest BCUT2D eigenvalue weighted by Gasteiger charge is 2.25. The molecule has 0 saturated carbocycles. The highest BCUT2D eigenvalue weighted by Crippen LogP contribution is 2.13. The standard InChI is InChI=1S/C9H18N2O2/c1-3-11(7-9(12)13)8-4-5-10(2)6-8/h8H,3-7H2,1-2H3,(H,12,13)/t8-/m1/s1. The monoisotopic (exact) mass is 186 g/mol. The number of aliphatic carboxylic acids is 1. The van der Waals surface area contributed by atoms with Crippen LogP contribution in [-0.4, -0.2) is 60.1 Å². The van der Waals surface area contributed by atoms with Crippen LogP contribution in [0.15, 0.2) is 0 Å². The molecule has 0 unspecified atom stereocenters. The molecule has 0 bridgehead atoms. The number of rotatable bonds is 4. The van der Waals surface area contributed by atoms with Crippen LogP contribution < -0.4 is 0 Å². The van der Waals surface area contributed by atoms with Gasteiger partial charge < -0.3 is 10.0 Å². The SMILES string of the molecule is CCN(CC(=O)O)[C@@H]1CCN(C)C1. The smallest absolute Gasteiger partial charge is 0.317 e. The fourth-order valence-corrected chi connectivity index (χ4v) is 1.88. The highest BCUT2D eigenvalue weighted by atomic mass is 16.4. The molecule has 0 amide bonds. The molecule has 1 rings (SSSR count). The average molecular weight is 186 g/mol. The van der Waals surface area contributed by atoms with E-state index < -0.39 is 5.97 Å². The van der Waals surface area contributed by atoms with E-state index in [1.165, 1.54) is 0 Å². The molecule has 1 aliphatic rings. The van der Waals surface area contributed by atoms with Crippen molar-refractivity contribution < 1.29 is 9.90 Å². The minimum atomic E-state index is -0.726. The third-order valence-corrected chi connectivity index (χ3v) is 2.63. The van der Waals surface area contributed by atoms with E-state index in [1.54, 1.807) is 0 Å². The van der Waals surface area contributed by atoms with Gasteiger partial charge in [-0.25, -0.2) is 0 Å². The summed E-state index contributed by atoms with van der Waals surface area (Å²) in [7, 11) is 2.08. The van der Waals surface area contributed by atoms with Gasteiger partial charge in [0.1, 0.15) is 0 Å². The van der Waals surface area contributed by atoms with Gasteiger partial charge in [0.2, 0.25) is 0 Å². The lowest BCUT2D eigenvalue weighted by Crippen LogP contribution is -2.40. The van der Waals surface area contributed by atoms with E-state index in [9.17, 15) is 4.79 Å². The predicted octanol–water partition coefficient (Wildman–Crippen LogP) is 0.0970. The first-order valence-electron chi connectivity index (χ1n) is 4.78. The van der Waals surface area contributed by atoms with Crippen LogP contribution in [-0.2, 0) is 4.79 Å². The van der Waals surface area contributed by atoms with Crippen LogP contribution in [0.5, 0.6) is 0 Å². The van der Waals surface area contributed by atoms with E-state index in [1.807, 2.05) is 11.8 Å². The molecule has 0 aromatic carbocycles. The predicted molar refractivity (Wildman–Crippen MR) is 50.8 cm³/mol. The maximum absolute atomic E-state index is 10.6. The normalized spacial score (nSPS) is 24.1. The second-order valence-electron chi connectivity index (χ2n) is 3.66. The Bertz CT molecular complexity index is 184. The van der Waals surface area contributed by atoms with Crippen LogP contribution in [0.2, 0.25) is 0 Å². The van der Waals surface area contributed by atoms with Crippen LogP contribution >= 0.6 is 0 Å². The van der Waals surface area contributed by atoms with E-state index >= 15 is 0 Å². The highest BCUT2D eigenvalue weighted by molar-refractivity contribution is 5.69. The van der Waals surface area contributed by atoms with Crippen molar-refractivity contribution in [3.8, 4) is 0 Å². The summed E-state index contributed by atoms with van der Waals surface area (Å²) in [5, 5.41) is 8.69. The Balaban J connectivity index is 2.42. The molecule has 0 radical (unpaired) electrons. The zero-order valence-electron chi connectivity index (χ0n) is 8.36. The number of hydrogen-bond donors (Lipinski definition) is 1. The van der Waals surface area contributed by atoms with Crippen molar-refractivity contribution in [2.24, 2.45) is 0 Å². The molecule has 0 aliphatic carbocycles. The molecular formula is C9H18N2O2. The van der Waals surface area contributed by atoms with Gasteiger partial charge in [-0.1, -0.05) is 6.92 Å². The summed E-state index contributed by atoms with van der Waals surface area (Å²) in [5.41, 5.74) is 0. The van der Waals surface area contributed by atoms with Crippen LogP contribution in [0.25, 0.3) is 0 Å². The van der Waals surface area contributed by atoms with Gasteiger partial charge in [-0.05, 0) is 26.6 Å². The Morgan fingerprint density at radius 3 is 2.77 bits per heavy atom. The number of likely N-dealkylation sites (tertiary alicyclic amines) is 1. The lowest BCUT2D eigenvalue weighted by molar-refractivity contribution is -0.138. The van der Waals surface area contributed by atoms with E-state index in [2.05, 4.69) is 11.9 Å². The maximum atomic E-state index is 10.6. The van der Waals surface area contributed by atoms with Crippen LogP contribution in [0.3, 0.4) is 0 Å². The summed E-state index contributed by atoms with van der Waals surface area (Å²) >= 11 is 0. The molecule has 1 saturated heterocycles. The maximum Gasteiger partial charge on any atom is 0.317 e. The number of hydrogen-bond acceptors (Lipinski definition) is 3. The van der Waals surface area contributed by atoms with Gasteiger partial charge in [-0.15, -0.1) is 0 Å². The van der Waals surface area contributed by atoms with Gasteiger partial charge in [0.15, 0.2) is 0 Å². The number of carbonyl (C=O) groups is 1. The molecule has 76 valence electrons. The molecule has 4 heteroatoms. The number of likely N-dealkylation sites (N-methyl/N-ethyl adjacent to an activating group) is 2. The molecule has 0 aromatic heterocycles. The van der Waals surface area contributed by atoms with Crippen molar-refractivity contribution in [1.82, 2.24) is 9.80 Å². The van der Waals surface area contributed by atoms with Gasteiger partial charge >= 0.3 is 5.97 Å². The molecule has 13 heavy (non-hydrogen) atoms. The summed E-state index contributed by atoms with van der Waals surface area (Å²) in [6, 6.07) is 0.436. The van der Waals surface area contributed by atoms with E-state index in [0.717, 1.165) is 26.1 Å². The Morgan fingerprint density at radius 2 is 2.38 bits per heavy atom. The van der Waals surface area contributed by atoms with E-state index in [0.29, 0.717) is 6.04 Å². The Hall–Kier alpha value is -0.610. The quantitative estimate of drug-likeness (QED) is 0.676. The third-order valence-electron chi connectivity index (χ3n) is 2.63. The van der Waals surface area contributed by atoms with E-state index in [4.69, 9.17) is 5.11 Å². The lowest BCUT2D eigenvalue weighted by Gasteiger charge is -2.25. The Morgan fingerprint density at radius 1 is 1.69 bits per heavy atom. The topological polar surface area (TPSA) is 43.8 Å². The molecule has 0 spiro atoms. The number of nitrogens with zero attached hydrogens (tertiary/aromatic N) is 2. The van der Waals surface area contributed by atoms with Gasteiger partial charge in [-0.2, -0.15) is 0 Å². The summed E-state index contributed by atoms with van der Waals surface area (Å²) in [6.45, 7) is 5.10. The summed E-state index contributed by atoms with van der Waals surface area (Å²) < 4.78 is 0. The van der Waals surface area contributed by atoms with E-state index in [-0.39, 0.29) is 6.54 Å². The molecule has 0 aromatic rings. The van der Waals surface area contributed by atoms with Crippen molar-refractivity contribution in [1.29, 1.82) is 0 Å². The summed E-state index contributed by atoms with van der Waals surface area (Å²) in [5.74, 6) is -0.726. The van der Waals surface area contributed by atoms with Gasteiger partial charge in [0.25, 0.3) is 0 Å². The third kappa shape index (κ3) is 2.97. The first kappa shape index (κ1) is 10.5. The van der Waals surface area contributed by atoms with Crippen molar-refractivity contribution in [3.63, 3.8) is 0 Å². The molecule has 1 fully saturated rings. The number of carboxylic acid groups (broad SMARTS) is 1. The molecule has 1 atom stereocenters. The van der Waals surface area contributed by atoms with Gasteiger partial charge in [-0.3, -0.25) is 9.69 Å². The average Bonchev–Trinajstić information content (AvgIpc) is 2.47. The molecule has 4 nitrogen and oxygen atoms in total. The largest absolute Gasteiger partial charge is 0.480 e. The van der Waals surface area contributed by atoms with Gasteiger partial charge in [0.05, 0.1) is 6.54 Å². The fourth-order valence-electron chi connectivity index (χ4n) is 1.88.